The number of nitrogens with zero attached hydrogens (tertiary/aromatic N) is 1. The van der Waals surface area contributed by atoms with Gasteiger partial charge in [0.25, 0.3) is 5.12 Å². The zero-order chi connectivity index (χ0) is 34.9. The Kier molecular flexibility index (Phi) is 12.8. The zero-order valence-corrected chi connectivity index (χ0v) is 29.1. The molecule has 1 aromatic carbocycles. The Bertz CT molecular complexity index is 1610. The van der Waals surface area contributed by atoms with Crippen LogP contribution >= 0.6 is 22.1 Å². The number of esters is 1. The Morgan fingerprint density at radius 3 is 2.62 bits per heavy atom. The van der Waals surface area contributed by atoms with E-state index in [4.69, 9.17) is 9.47 Å². The van der Waals surface area contributed by atoms with Crippen molar-refractivity contribution in [1.82, 2.24) is 15.6 Å². The molecule has 0 aliphatic carbocycles. The molecule has 1 aromatic heterocycles. The summed E-state index contributed by atoms with van der Waals surface area (Å²) in [6.07, 6.45) is 4.82. The van der Waals surface area contributed by atoms with Crippen LogP contribution < -0.4 is 10.6 Å². The maximum absolute atomic E-state index is 13.4. The number of nitrogens with one attached hydrogen (secondary N) is 2. The van der Waals surface area contributed by atoms with Crippen LogP contribution in [0, 0.1) is 0 Å². The summed E-state index contributed by atoms with van der Waals surface area (Å²) in [6, 6.07) is 8.59. The molecule has 2 aromatic rings. The molecular weight excluding hydrogens is 679 g/mol. The highest BCUT2D eigenvalue weighted by Crippen LogP contribution is 2.53. The molecule has 5 atom stereocenters. The highest BCUT2D eigenvalue weighted by Gasteiger charge is 2.69. The fourth-order valence-corrected chi connectivity index (χ4v) is 9.71. The highest BCUT2D eigenvalue weighted by molar-refractivity contribution is 8.79. The summed E-state index contributed by atoms with van der Waals surface area (Å²) in [4.78, 5) is 68.5. The first-order valence-corrected chi connectivity index (χ1v) is 18.5. The van der Waals surface area contributed by atoms with Gasteiger partial charge in [-0.25, -0.2) is 9.78 Å². The van der Waals surface area contributed by atoms with Crippen LogP contribution in [0.15, 0.2) is 65.6 Å². The van der Waals surface area contributed by atoms with E-state index in [0.717, 1.165) is 5.56 Å². The minimum atomic E-state index is -2.08. The minimum Gasteiger partial charge on any atom is -0.604 e. The monoisotopic (exact) mass is 715 g/mol. The molecule has 3 N–H and O–H groups in total. The number of benzene rings is 1. The average Bonchev–Trinajstić information content (AvgIpc) is 3.58. The van der Waals surface area contributed by atoms with Crippen LogP contribution in [0.2, 0.25) is 0 Å². The fourth-order valence-electron chi connectivity index (χ4n) is 4.97. The van der Waals surface area contributed by atoms with Crippen molar-refractivity contribution in [3.8, 4) is 0 Å². The van der Waals surface area contributed by atoms with Crippen LogP contribution in [-0.4, -0.2) is 66.5 Å². The molecule has 256 valence electrons. The number of amides is 2. The van der Waals surface area contributed by atoms with Gasteiger partial charge in [-0.3, -0.25) is 19.2 Å². The molecule has 0 saturated carbocycles. The predicted molar refractivity (Wildman–Crippen MR) is 183 cm³/mol. The zero-order valence-electron chi connectivity index (χ0n) is 26.6. The smallest absolute Gasteiger partial charge is 0.407 e. The Morgan fingerprint density at radius 2 is 1.92 bits per heavy atom. The lowest BCUT2D eigenvalue weighted by molar-refractivity contribution is -0.150. The van der Waals surface area contributed by atoms with Crippen LogP contribution in [0.4, 0.5) is 4.79 Å². The summed E-state index contributed by atoms with van der Waals surface area (Å²) in [5.41, 5.74) is -0.160. The number of alkyl carbamates (subject to hydrolysis) is 1. The Hall–Kier alpha value is -3.76. The van der Waals surface area contributed by atoms with E-state index in [0.29, 0.717) is 27.1 Å². The highest BCUT2D eigenvalue weighted by atomic mass is 33.1. The topological polar surface area (TPSA) is 184 Å². The molecule has 1 spiro atoms. The fraction of sp³-hybridized carbons (Fsp3) is 0.394. The first-order chi connectivity index (χ1) is 22.8. The molecule has 3 unspecified atom stereocenters. The summed E-state index contributed by atoms with van der Waals surface area (Å²) in [6.45, 7) is 4.64. The number of thiazole rings is 1. The van der Waals surface area contributed by atoms with E-state index in [2.05, 4.69) is 15.6 Å². The Balaban J connectivity index is 1.51. The van der Waals surface area contributed by atoms with Crippen LogP contribution in [-0.2, 0) is 45.5 Å². The average molecular weight is 716 g/mol. The number of carbonyl (C=O) groups is 5. The number of hydrogen-bond donors (Lipinski definition) is 3. The van der Waals surface area contributed by atoms with E-state index in [1.807, 2.05) is 18.2 Å². The molecule has 2 bridgehead atoms. The summed E-state index contributed by atoms with van der Waals surface area (Å²) < 4.78 is 22.4. The number of aromatic nitrogens is 1. The molecule has 15 heteroatoms. The van der Waals surface area contributed by atoms with Crippen molar-refractivity contribution < 1.29 is 43.1 Å². The standard InChI is InChI=1S/C33H37N3O9S3/c1-21-13-15-33(32(3,42)30(40)47-48(33)43)18-27(38)35-22(2)29-36-24(20-46-29)11-7-8-12-25(37)26(17-21)45-28(39)14-16-34-31(41)44-19-23-9-5-4-6-10-23/h4-12,17,20,22,26,42H,13-16,18-19H2,1-3H3,(H,34,41)(H,35,38)/b11-7-,12-8+,21-17+/t22?,26?,32-,33+,48?/m0/s1. The minimum absolute atomic E-state index is 0.0423. The maximum atomic E-state index is 13.4. The van der Waals surface area contributed by atoms with Crippen molar-refractivity contribution in [2.24, 2.45) is 0 Å². The number of allylic oxidation sites excluding steroid dienone is 3. The van der Waals surface area contributed by atoms with Crippen molar-refractivity contribution in [3.63, 3.8) is 0 Å². The number of carbonyl (C=O) groups excluding carboxylic acids is 5. The molecule has 2 aliphatic heterocycles. The number of rotatable bonds is 6. The van der Waals surface area contributed by atoms with E-state index < -0.39 is 68.0 Å². The van der Waals surface area contributed by atoms with Gasteiger partial charge in [0.05, 0.1) is 24.6 Å². The van der Waals surface area contributed by atoms with Crippen LogP contribution in [0.1, 0.15) is 68.8 Å². The number of ketones is 1. The van der Waals surface area contributed by atoms with E-state index in [-0.39, 0.29) is 32.4 Å². The van der Waals surface area contributed by atoms with Crippen molar-refractivity contribution >= 4 is 67.3 Å². The lowest BCUT2D eigenvalue weighted by Crippen LogP contribution is -2.56. The van der Waals surface area contributed by atoms with E-state index >= 15 is 0 Å². The SMILES string of the molecule is C/C1=C\C(OC(=O)CCNC(=O)OCc2ccccc2)C(=O)/C=C/C=C\c2csc(n2)C(C)NC(=O)C[C@@]2(CC1)[S+]([O-])SC(=O)[C@]2(C)O. The number of aliphatic hydroxyl groups is 1. The molecule has 4 rings (SSSR count). The molecule has 1 fully saturated rings. The number of hydrogen-bond acceptors (Lipinski definition) is 12. The molecule has 2 amide bonds. The van der Waals surface area contributed by atoms with Gasteiger partial charge in [-0.15, -0.1) is 11.3 Å². The van der Waals surface area contributed by atoms with Gasteiger partial charge >= 0.3 is 12.1 Å². The van der Waals surface area contributed by atoms with Gasteiger partial charge < -0.3 is 29.8 Å². The van der Waals surface area contributed by atoms with Gasteiger partial charge in [-0.05, 0) is 51.0 Å². The van der Waals surface area contributed by atoms with Gasteiger partial charge in [0.15, 0.2) is 33.0 Å². The van der Waals surface area contributed by atoms with Crippen LogP contribution in [0.25, 0.3) is 6.08 Å². The second-order valence-corrected chi connectivity index (χ2v) is 15.6. The van der Waals surface area contributed by atoms with Gasteiger partial charge in [0.2, 0.25) is 5.91 Å². The van der Waals surface area contributed by atoms with Gasteiger partial charge in [0.1, 0.15) is 11.6 Å². The molecule has 0 radical (unpaired) electrons. The maximum Gasteiger partial charge on any atom is 0.407 e. The van der Waals surface area contributed by atoms with E-state index in [9.17, 15) is 33.6 Å². The summed E-state index contributed by atoms with van der Waals surface area (Å²) in [7, 11) is -1.46. The number of fused-ring (bicyclic) bond motifs is 2. The van der Waals surface area contributed by atoms with Gasteiger partial charge in [-0.2, -0.15) is 0 Å². The summed E-state index contributed by atoms with van der Waals surface area (Å²) >= 11 is 1.31. The Labute approximate surface area is 289 Å². The van der Waals surface area contributed by atoms with Crippen molar-refractivity contribution in [3.05, 3.63) is 81.9 Å². The molecule has 12 nitrogen and oxygen atoms in total. The van der Waals surface area contributed by atoms with Crippen molar-refractivity contribution in [1.29, 1.82) is 0 Å². The third-order valence-electron chi connectivity index (χ3n) is 7.84. The van der Waals surface area contributed by atoms with Gasteiger partial charge in [0, 0.05) is 28.6 Å². The first-order valence-electron chi connectivity index (χ1n) is 15.1. The summed E-state index contributed by atoms with van der Waals surface area (Å²) in [5.74, 6) is -1.82. The first kappa shape index (κ1) is 37.1. The quantitative estimate of drug-likeness (QED) is 0.168. The molecule has 1 saturated heterocycles. The molecule has 3 heterocycles. The van der Waals surface area contributed by atoms with Crippen molar-refractivity contribution in [2.75, 3.05) is 6.54 Å². The number of ether oxygens (including phenoxy) is 2. The second-order valence-electron chi connectivity index (χ2n) is 11.5. The van der Waals surface area contributed by atoms with E-state index in [1.165, 1.54) is 36.5 Å². The lowest BCUT2D eigenvalue weighted by atomic mass is 9.81. The Morgan fingerprint density at radius 1 is 1.19 bits per heavy atom. The summed E-state index contributed by atoms with van der Waals surface area (Å²) in [5, 5.41) is 18.3. The second kappa shape index (κ2) is 16.6. The normalized spacial score (nSPS) is 29.1. The lowest BCUT2D eigenvalue weighted by Gasteiger charge is -2.35. The third-order valence-corrected chi connectivity index (χ3v) is 12.8. The van der Waals surface area contributed by atoms with Gasteiger partial charge in [-0.1, -0.05) is 48.1 Å². The molecule has 48 heavy (non-hydrogen) atoms. The van der Waals surface area contributed by atoms with E-state index in [1.54, 1.807) is 43.5 Å². The van der Waals surface area contributed by atoms with Crippen LogP contribution in [0.3, 0.4) is 0 Å². The largest absolute Gasteiger partial charge is 0.604 e. The van der Waals surface area contributed by atoms with Crippen LogP contribution in [0.5, 0.6) is 0 Å². The molecule has 2 aliphatic rings. The van der Waals surface area contributed by atoms with Crippen molar-refractivity contribution in [2.45, 2.75) is 75.6 Å². The molecular formula is C33H37N3O9S3. The third kappa shape index (κ3) is 9.44. The predicted octanol–water partition coefficient (Wildman–Crippen LogP) is 4.24.